The largest absolute Gasteiger partial charge is 0.461 e. The Balaban J connectivity index is 1.22. The van der Waals surface area contributed by atoms with Crippen molar-refractivity contribution < 1.29 is 24.3 Å². The number of hydrogen-bond donors (Lipinski definition) is 1. The molecule has 0 radical (unpaired) electrons. The van der Waals surface area contributed by atoms with Gasteiger partial charge in [-0.1, -0.05) is 24.3 Å². The molecule has 1 aliphatic carbocycles. The van der Waals surface area contributed by atoms with E-state index in [0.29, 0.717) is 12.8 Å². The summed E-state index contributed by atoms with van der Waals surface area (Å²) in [6.45, 7) is 0.0253. The van der Waals surface area contributed by atoms with E-state index in [1.807, 2.05) is 36.4 Å². The van der Waals surface area contributed by atoms with Crippen molar-refractivity contribution in [3.8, 4) is 0 Å². The summed E-state index contributed by atoms with van der Waals surface area (Å²) in [5.41, 5.74) is 1.17. The minimum Gasteiger partial charge on any atom is -0.461 e. The second-order valence-corrected chi connectivity index (χ2v) is 8.98. The monoisotopic (exact) mass is 455 g/mol. The molecule has 2 aromatic heterocycles. The Hall–Kier alpha value is -3.53. The van der Waals surface area contributed by atoms with E-state index in [1.165, 1.54) is 11.3 Å². The molecule has 1 aromatic carbocycles. The SMILES string of the molecule is O=C(Cc1ccc(COC(=O)CC2(CO[N+](=O)[O-])CC2)cc1)Nc1cc2ccncc2s1. The normalized spacial score (nSPS) is 14.0. The number of anilines is 1. The van der Waals surface area contributed by atoms with Gasteiger partial charge in [-0.15, -0.1) is 21.5 Å². The summed E-state index contributed by atoms with van der Waals surface area (Å²) in [6, 6.07) is 11.1. The number of pyridine rings is 1. The molecule has 1 fully saturated rings. The zero-order valence-corrected chi connectivity index (χ0v) is 17.9. The Morgan fingerprint density at radius 2 is 1.94 bits per heavy atom. The lowest BCUT2D eigenvalue weighted by Gasteiger charge is -2.13. The highest BCUT2D eigenvalue weighted by atomic mass is 32.1. The maximum atomic E-state index is 12.4. The number of hydrogen-bond acceptors (Lipinski definition) is 8. The first-order valence-corrected chi connectivity index (χ1v) is 10.9. The van der Waals surface area contributed by atoms with Crippen molar-refractivity contribution in [2.45, 2.75) is 32.3 Å². The topological polar surface area (TPSA) is 121 Å². The predicted molar refractivity (Wildman–Crippen MR) is 117 cm³/mol. The lowest BCUT2D eigenvalue weighted by Crippen LogP contribution is -2.19. The lowest BCUT2D eigenvalue weighted by molar-refractivity contribution is -0.759. The Morgan fingerprint density at radius 1 is 1.19 bits per heavy atom. The molecule has 166 valence electrons. The second-order valence-electron chi connectivity index (χ2n) is 7.90. The van der Waals surface area contributed by atoms with Crippen molar-refractivity contribution in [1.29, 1.82) is 0 Å². The van der Waals surface area contributed by atoms with Crippen LogP contribution in [-0.2, 0) is 32.2 Å². The van der Waals surface area contributed by atoms with Crippen LogP contribution >= 0.6 is 11.3 Å². The molecule has 3 aromatic rings. The third-order valence-electron chi connectivity index (χ3n) is 5.33. The van der Waals surface area contributed by atoms with Gasteiger partial charge in [-0.05, 0) is 41.5 Å². The number of rotatable bonds is 10. The number of ether oxygens (including phenoxy) is 1. The zero-order valence-electron chi connectivity index (χ0n) is 17.1. The average Bonchev–Trinajstić information content (AvgIpc) is 3.40. The molecule has 1 amide bonds. The predicted octanol–water partition coefficient (Wildman–Crippen LogP) is 3.90. The van der Waals surface area contributed by atoms with E-state index < -0.39 is 16.5 Å². The highest BCUT2D eigenvalue weighted by Gasteiger charge is 2.45. The van der Waals surface area contributed by atoms with Crippen LogP contribution in [0.4, 0.5) is 5.00 Å². The number of thiophene rings is 1. The van der Waals surface area contributed by atoms with Crippen molar-refractivity contribution in [2.24, 2.45) is 5.41 Å². The van der Waals surface area contributed by atoms with Gasteiger partial charge in [-0.25, -0.2) is 0 Å². The Kier molecular flexibility index (Phi) is 6.31. The van der Waals surface area contributed by atoms with Crippen molar-refractivity contribution in [1.82, 2.24) is 4.98 Å². The minimum absolute atomic E-state index is 0.0791. The first kappa shape index (κ1) is 21.7. The van der Waals surface area contributed by atoms with E-state index in [4.69, 9.17) is 4.74 Å². The number of carbonyl (C=O) groups excluding carboxylic acids is 2. The van der Waals surface area contributed by atoms with Crippen LogP contribution in [0.25, 0.3) is 10.1 Å². The molecule has 10 heteroatoms. The molecule has 1 aliphatic rings. The van der Waals surface area contributed by atoms with Gasteiger partial charge in [0, 0.05) is 17.8 Å². The molecule has 2 heterocycles. The van der Waals surface area contributed by atoms with Gasteiger partial charge in [-0.3, -0.25) is 14.6 Å². The molecule has 1 N–H and O–H groups in total. The average molecular weight is 455 g/mol. The van der Waals surface area contributed by atoms with Gasteiger partial charge < -0.3 is 14.9 Å². The summed E-state index contributed by atoms with van der Waals surface area (Å²) in [4.78, 5) is 43.2. The van der Waals surface area contributed by atoms with E-state index in [9.17, 15) is 19.7 Å². The fourth-order valence-electron chi connectivity index (χ4n) is 3.33. The number of carbonyl (C=O) groups is 2. The van der Waals surface area contributed by atoms with Crippen LogP contribution in [0.5, 0.6) is 0 Å². The van der Waals surface area contributed by atoms with E-state index in [-0.39, 0.29) is 32.0 Å². The minimum atomic E-state index is -0.840. The number of amides is 1. The zero-order chi connectivity index (χ0) is 22.6. The van der Waals surface area contributed by atoms with Crippen molar-refractivity contribution in [2.75, 3.05) is 11.9 Å². The summed E-state index contributed by atoms with van der Waals surface area (Å²) >= 11 is 1.48. The van der Waals surface area contributed by atoms with E-state index in [2.05, 4.69) is 15.1 Å². The maximum absolute atomic E-state index is 12.4. The Labute approximate surface area is 187 Å². The fraction of sp³-hybridized carbons (Fsp3) is 0.318. The number of esters is 1. The van der Waals surface area contributed by atoms with Crippen LogP contribution in [0.15, 0.2) is 48.8 Å². The quantitative estimate of drug-likeness (QED) is 0.280. The van der Waals surface area contributed by atoms with Gasteiger partial charge in [0.15, 0.2) is 0 Å². The molecule has 0 aliphatic heterocycles. The highest BCUT2D eigenvalue weighted by molar-refractivity contribution is 7.22. The van der Waals surface area contributed by atoms with Crippen LogP contribution in [0.3, 0.4) is 0 Å². The van der Waals surface area contributed by atoms with Gasteiger partial charge in [-0.2, -0.15) is 0 Å². The van der Waals surface area contributed by atoms with Crippen LogP contribution < -0.4 is 5.32 Å². The van der Waals surface area contributed by atoms with Gasteiger partial charge in [0.2, 0.25) is 5.91 Å². The van der Waals surface area contributed by atoms with E-state index in [1.54, 1.807) is 12.4 Å². The van der Waals surface area contributed by atoms with Crippen LogP contribution in [0.2, 0.25) is 0 Å². The molecule has 9 nitrogen and oxygen atoms in total. The number of benzene rings is 1. The van der Waals surface area contributed by atoms with Crippen molar-refractivity contribution in [3.63, 3.8) is 0 Å². The molecule has 0 saturated heterocycles. The molecule has 0 unspecified atom stereocenters. The molecule has 0 bridgehead atoms. The van der Waals surface area contributed by atoms with Crippen molar-refractivity contribution in [3.05, 3.63) is 70.0 Å². The first-order chi connectivity index (χ1) is 15.4. The van der Waals surface area contributed by atoms with Crippen molar-refractivity contribution >= 4 is 38.3 Å². The van der Waals surface area contributed by atoms with Gasteiger partial charge in [0.1, 0.15) is 13.2 Å². The van der Waals surface area contributed by atoms with Gasteiger partial charge in [0.25, 0.3) is 5.09 Å². The number of nitrogens with zero attached hydrogens (tertiary/aromatic N) is 2. The molecule has 4 rings (SSSR count). The van der Waals surface area contributed by atoms with E-state index in [0.717, 1.165) is 26.2 Å². The lowest BCUT2D eigenvalue weighted by atomic mass is 10.0. The molecule has 1 saturated carbocycles. The molecular weight excluding hydrogens is 434 g/mol. The van der Waals surface area contributed by atoms with Crippen LogP contribution in [0, 0.1) is 15.5 Å². The fourth-order valence-corrected chi connectivity index (χ4v) is 4.27. The number of nitrogens with one attached hydrogen (secondary N) is 1. The third kappa shape index (κ3) is 5.79. The summed E-state index contributed by atoms with van der Waals surface area (Å²) in [6.07, 6.45) is 5.24. The van der Waals surface area contributed by atoms with Crippen LogP contribution in [-0.4, -0.2) is 28.6 Å². The number of aromatic nitrogens is 1. The second kappa shape index (κ2) is 9.31. The van der Waals surface area contributed by atoms with Gasteiger partial charge in [0.05, 0.1) is 22.5 Å². The summed E-state index contributed by atoms with van der Waals surface area (Å²) in [5.74, 6) is -0.521. The Bertz CT molecular complexity index is 1110. The van der Waals surface area contributed by atoms with Gasteiger partial charge >= 0.3 is 5.97 Å². The van der Waals surface area contributed by atoms with E-state index >= 15 is 0 Å². The van der Waals surface area contributed by atoms with Crippen LogP contribution in [0.1, 0.15) is 30.4 Å². The number of fused-ring (bicyclic) bond motifs is 1. The Morgan fingerprint density at radius 3 is 2.62 bits per heavy atom. The summed E-state index contributed by atoms with van der Waals surface area (Å²) < 4.78 is 6.31. The smallest absolute Gasteiger partial charge is 0.306 e. The standard InChI is InChI=1S/C22H21N3O6S/c26-19(24-20-10-17-5-8-23-12-18(17)32-20)9-15-1-3-16(4-2-15)13-30-21(27)11-22(6-7-22)14-31-25(28)29/h1-5,8,10,12H,6-7,9,11,13-14H2,(H,24,26). The first-order valence-electron chi connectivity index (χ1n) is 10.0. The molecule has 0 atom stereocenters. The third-order valence-corrected chi connectivity index (χ3v) is 6.33. The highest BCUT2D eigenvalue weighted by Crippen LogP contribution is 2.49. The molecular formula is C22H21N3O6S. The maximum Gasteiger partial charge on any atom is 0.306 e. The molecule has 0 spiro atoms. The molecule has 32 heavy (non-hydrogen) atoms. The summed E-state index contributed by atoms with van der Waals surface area (Å²) in [5, 5.41) is 14.2. The summed E-state index contributed by atoms with van der Waals surface area (Å²) in [7, 11) is 0.